The van der Waals surface area contributed by atoms with Gasteiger partial charge in [-0.2, -0.15) is 0 Å². The van der Waals surface area contributed by atoms with Crippen molar-refractivity contribution in [3.05, 3.63) is 59.4 Å². The van der Waals surface area contributed by atoms with Crippen LogP contribution in [0.3, 0.4) is 0 Å². The van der Waals surface area contributed by atoms with Crippen molar-refractivity contribution in [2.75, 3.05) is 0 Å². The van der Waals surface area contributed by atoms with Crippen LogP contribution in [0.1, 0.15) is 23.7 Å². The Morgan fingerprint density at radius 3 is 2.54 bits per heavy atom. The van der Waals surface area contributed by atoms with Crippen molar-refractivity contribution >= 4 is 22.1 Å². The molecule has 0 N–H and O–H groups in total. The molecule has 3 heterocycles. The Hall–Kier alpha value is -2.68. The molecule has 0 radical (unpaired) electrons. The molecule has 3 heteroatoms. The molecule has 0 saturated heterocycles. The van der Waals surface area contributed by atoms with Crippen LogP contribution in [0.15, 0.2) is 47.0 Å². The second-order valence-corrected chi connectivity index (χ2v) is 6.43. The van der Waals surface area contributed by atoms with Crippen molar-refractivity contribution in [3.8, 4) is 11.3 Å². The predicted octanol–water partition coefficient (Wildman–Crippen LogP) is 4.65. The van der Waals surface area contributed by atoms with E-state index in [0.717, 1.165) is 39.7 Å². The molecule has 0 aliphatic rings. The number of aromatic nitrogens is 2. The lowest BCUT2D eigenvalue weighted by Gasteiger charge is -2.06. The van der Waals surface area contributed by atoms with Crippen molar-refractivity contribution in [2.45, 2.75) is 27.2 Å². The molecule has 0 spiro atoms. The smallest absolute Gasteiger partial charge is 0.227 e. The number of rotatable bonds is 2. The Morgan fingerprint density at radius 2 is 1.79 bits per heavy atom. The van der Waals surface area contributed by atoms with E-state index in [1.165, 1.54) is 11.1 Å². The summed E-state index contributed by atoms with van der Waals surface area (Å²) in [5.74, 6) is 0. The van der Waals surface area contributed by atoms with E-state index in [4.69, 9.17) is 4.42 Å². The normalized spacial score (nSPS) is 11.5. The van der Waals surface area contributed by atoms with Crippen LogP contribution in [-0.2, 0) is 13.5 Å². The SMILES string of the molecule is CCc1ccc(-c2c(C)ccc3c2oc2nc(C)ccc23)[n+](C)c1. The molecule has 0 aliphatic carbocycles. The first-order valence-corrected chi connectivity index (χ1v) is 8.37. The fourth-order valence-electron chi connectivity index (χ4n) is 3.36. The highest BCUT2D eigenvalue weighted by molar-refractivity contribution is 6.08. The largest absolute Gasteiger partial charge is 0.437 e. The molecular weight excluding hydrogens is 296 g/mol. The van der Waals surface area contributed by atoms with E-state index in [0.29, 0.717) is 5.71 Å². The molecule has 0 fully saturated rings. The molecule has 0 amide bonds. The topological polar surface area (TPSA) is 29.9 Å². The van der Waals surface area contributed by atoms with Crippen LogP contribution in [0.5, 0.6) is 0 Å². The number of nitrogens with zero attached hydrogens (tertiary/aromatic N) is 2. The van der Waals surface area contributed by atoms with Gasteiger partial charge in [-0.1, -0.05) is 19.1 Å². The number of benzene rings is 1. The summed E-state index contributed by atoms with van der Waals surface area (Å²) >= 11 is 0. The highest BCUT2D eigenvalue weighted by atomic mass is 16.3. The van der Waals surface area contributed by atoms with E-state index in [1.807, 2.05) is 13.0 Å². The van der Waals surface area contributed by atoms with Gasteiger partial charge in [-0.05, 0) is 44.0 Å². The Balaban J connectivity index is 2.07. The third kappa shape index (κ3) is 2.20. The van der Waals surface area contributed by atoms with Crippen molar-refractivity contribution in [3.63, 3.8) is 0 Å². The number of furan rings is 1. The summed E-state index contributed by atoms with van der Waals surface area (Å²) in [5.41, 5.74) is 7.44. The van der Waals surface area contributed by atoms with Gasteiger partial charge in [-0.3, -0.25) is 0 Å². The van der Waals surface area contributed by atoms with Crippen molar-refractivity contribution in [1.29, 1.82) is 0 Å². The first kappa shape index (κ1) is 14.9. The summed E-state index contributed by atoms with van der Waals surface area (Å²) < 4.78 is 8.37. The minimum atomic E-state index is 0.713. The first-order valence-electron chi connectivity index (χ1n) is 8.37. The van der Waals surface area contributed by atoms with Gasteiger partial charge in [0.05, 0.1) is 5.56 Å². The van der Waals surface area contributed by atoms with Gasteiger partial charge < -0.3 is 4.42 Å². The van der Waals surface area contributed by atoms with E-state index in [1.54, 1.807) is 0 Å². The number of pyridine rings is 2. The lowest BCUT2D eigenvalue weighted by atomic mass is 10.0. The molecule has 4 aromatic rings. The quantitative estimate of drug-likeness (QED) is 0.504. The molecular formula is C21H21N2O+. The third-order valence-electron chi connectivity index (χ3n) is 4.71. The lowest BCUT2D eigenvalue weighted by molar-refractivity contribution is -0.660. The Labute approximate surface area is 141 Å². The molecule has 3 aromatic heterocycles. The zero-order valence-electron chi connectivity index (χ0n) is 14.6. The van der Waals surface area contributed by atoms with Crippen LogP contribution in [0, 0.1) is 13.8 Å². The molecule has 0 bridgehead atoms. The summed E-state index contributed by atoms with van der Waals surface area (Å²) in [6.07, 6.45) is 3.23. The fourth-order valence-corrected chi connectivity index (χ4v) is 3.36. The number of fused-ring (bicyclic) bond motifs is 3. The van der Waals surface area contributed by atoms with Crippen LogP contribution >= 0.6 is 0 Å². The Kier molecular flexibility index (Phi) is 3.38. The van der Waals surface area contributed by atoms with E-state index < -0.39 is 0 Å². The molecule has 120 valence electrons. The highest BCUT2D eigenvalue weighted by Crippen LogP contribution is 2.36. The van der Waals surface area contributed by atoms with Gasteiger partial charge in [0.1, 0.15) is 7.05 Å². The minimum absolute atomic E-state index is 0.713. The van der Waals surface area contributed by atoms with Crippen molar-refractivity contribution in [2.24, 2.45) is 7.05 Å². The molecule has 24 heavy (non-hydrogen) atoms. The van der Waals surface area contributed by atoms with Crippen LogP contribution in [0.4, 0.5) is 0 Å². The summed E-state index contributed by atoms with van der Waals surface area (Å²) in [7, 11) is 2.10. The van der Waals surface area contributed by atoms with E-state index in [2.05, 4.69) is 67.0 Å². The molecule has 0 saturated carbocycles. The Bertz CT molecular complexity index is 1080. The summed E-state index contributed by atoms with van der Waals surface area (Å²) in [4.78, 5) is 4.55. The van der Waals surface area contributed by atoms with Gasteiger partial charge in [0.15, 0.2) is 11.8 Å². The minimum Gasteiger partial charge on any atom is -0.437 e. The average Bonchev–Trinajstić information content (AvgIpc) is 2.92. The zero-order valence-corrected chi connectivity index (χ0v) is 14.6. The number of hydrogen-bond donors (Lipinski definition) is 0. The van der Waals surface area contributed by atoms with Crippen LogP contribution in [0.25, 0.3) is 33.3 Å². The monoisotopic (exact) mass is 317 g/mol. The molecule has 0 aliphatic heterocycles. The maximum Gasteiger partial charge on any atom is 0.227 e. The van der Waals surface area contributed by atoms with Gasteiger partial charge >= 0.3 is 0 Å². The molecule has 1 aromatic carbocycles. The molecule has 0 unspecified atom stereocenters. The van der Waals surface area contributed by atoms with E-state index >= 15 is 0 Å². The van der Waals surface area contributed by atoms with Gasteiger partial charge in [-0.25, -0.2) is 9.55 Å². The molecule has 3 nitrogen and oxygen atoms in total. The van der Waals surface area contributed by atoms with Gasteiger partial charge in [-0.15, -0.1) is 0 Å². The van der Waals surface area contributed by atoms with Crippen LogP contribution in [-0.4, -0.2) is 4.98 Å². The van der Waals surface area contributed by atoms with Gasteiger partial charge in [0.25, 0.3) is 0 Å². The summed E-state index contributed by atoms with van der Waals surface area (Å²) in [6, 6.07) is 12.8. The van der Waals surface area contributed by atoms with E-state index in [9.17, 15) is 0 Å². The standard InChI is InChI=1S/C21H21N2O/c1-5-15-8-11-18(23(4)12-15)19-13(2)6-9-16-17-10-7-14(3)22-21(17)24-20(16)19/h6-12H,5H2,1-4H3/q+1. The van der Waals surface area contributed by atoms with Crippen molar-refractivity contribution < 1.29 is 8.98 Å². The summed E-state index contributed by atoms with van der Waals surface area (Å²) in [6.45, 7) is 6.30. The third-order valence-corrected chi connectivity index (χ3v) is 4.71. The number of aryl methyl sites for hydroxylation is 4. The zero-order chi connectivity index (χ0) is 16.8. The van der Waals surface area contributed by atoms with Crippen molar-refractivity contribution in [1.82, 2.24) is 4.98 Å². The maximum atomic E-state index is 6.19. The predicted molar refractivity (Wildman–Crippen MR) is 97.0 cm³/mol. The second-order valence-electron chi connectivity index (χ2n) is 6.43. The highest BCUT2D eigenvalue weighted by Gasteiger charge is 2.20. The first-order chi connectivity index (χ1) is 11.6. The van der Waals surface area contributed by atoms with Crippen LogP contribution < -0.4 is 4.57 Å². The average molecular weight is 317 g/mol. The molecule has 0 atom stereocenters. The lowest BCUT2D eigenvalue weighted by Crippen LogP contribution is -2.31. The molecule has 4 rings (SSSR count). The maximum absolute atomic E-state index is 6.19. The van der Waals surface area contributed by atoms with Crippen LogP contribution in [0.2, 0.25) is 0 Å². The Morgan fingerprint density at radius 1 is 1.00 bits per heavy atom. The second kappa shape index (κ2) is 5.45. The van der Waals surface area contributed by atoms with Gasteiger partial charge in [0.2, 0.25) is 11.4 Å². The summed E-state index contributed by atoms with van der Waals surface area (Å²) in [5, 5.41) is 2.20. The van der Waals surface area contributed by atoms with Gasteiger partial charge in [0, 0.05) is 28.1 Å². The van der Waals surface area contributed by atoms with E-state index in [-0.39, 0.29) is 0 Å². The fraction of sp³-hybridized carbons (Fsp3) is 0.238. The number of hydrogen-bond acceptors (Lipinski definition) is 2.